The van der Waals surface area contributed by atoms with Crippen LogP contribution in [0.2, 0.25) is 0 Å². The average Bonchev–Trinajstić information content (AvgIpc) is 3.05. The second-order valence-corrected chi connectivity index (χ2v) is 6.31. The molecule has 3 aromatic rings. The normalized spacial score (nSPS) is 11.4. The van der Waals surface area contributed by atoms with Crippen LogP contribution >= 0.6 is 0 Å². The molecule has 0 N–H and O–H groups in total. The predicted octanol–water partition coefficient (Wildman–Crippen LogP) is 5.53. The summed E-state index contributed by atoms with van der Waals surface area (Å²) in [5.74, 6) is 0.437. The van der Waals surface area contributed by atoms with E-state index < -0.39 is 0 Å². The Morgan fingerprint density at radius 1 is 1.18 bits per heavy atom. The minimum atomic E-state index is -0.297. The molecule has 0 unspecified atom stereocenters. The molecule has 0 saturated heterocycles. The van der Waals surface area contributed by atoms with Crippen molar-refractivity contribution in [2.24, 2.45) is 5.16 Å². The number of ether oxygens (including phenoxy) is 1. The van der Waals surface area contributed by atoms with E-state index in [-0.39, 0.29) is 5.82 Å². The highest BCUT2D eigenvalue weighted by Gasteiger charge is 2.19. The molecular formula is C23H23FN2O2. The molecule has 0 spiro atoms. The number of halogens is 1. The molecule has 0 aliphatic rings. The van der Waals surface area contributed by atoms with Crippen LogP contribution in [-0.2, 0) is 4.84 Å². The molecule has 0 bridgehead atoms. The summed E-state index contributed by atoms with van der Waals surface area (Å²) in [6.07, 6.45) is 1.63. The van der Waals surface area contributed by atoms with E-state index in [9.17, 15) is 4.39 Å². The summed E-state index contributed by atoms with van der Waals surface area (Å²) in [5, 5.41) is 4.16. The maximum atomic E-state index is 14.6. The molecular weight excluding hydrogens is 355 g/mol. The molecule has 0 atom stereocenters. The molecule has 5 heteroatoms. The van der Waals surface area contributed by atoms with E-state index in [0.717, 1.165) is 28.3 Å². The summed E-state index contributed by atoms with van der Waals surface area (Å²) >= 11 is 0. The smallest absolute Gasteiger partial charge is 0.147 e. The molecule has 144 valence electrons. The van der Waals surface area contributed by atoms with Crippen LogP contribution in [0.25, 0.3) is 16.9 Å². The lowest BCUT2D eigenvalue weighted by molar-refractivity contribution is 0.175. The van der Waals surface area contributed by atoms with Crippen LogP contribution in [-0.4, -0.2) is 24.0 Å². The van der Waals surface area contributed by atoms with Gasteiger partial charge in [-0.2, -0.15) is 0 Å². The van der Waals surface area contributed by atoms with Crippen molar-refractivity contribution < 1.29 is 14.0 Å². The molecule has 1 aromatic heterocycles. The summed E-state index contributed by atoms with van der Waals surface area (Å²) in [6, 6.07) is 16.4. The molecule has 3 rings (SSSR count). The highest BCUT2D eigenvalue weighted by Crippen LogP contribution is 2.32. The van der Waals surface area contributed by atoms with E-state index in [0.29, 0.717) is 18.0 Å². The van der Waals surface area contributed by atoms with Gasteiger partial charge in [0.2, 0.25) is 0 Å². The maximum Gasteiger partial charge on any atom is 0.147 e. The molecule has 4 nitrogen and oxygen atoms in total. The van der Waals surface area contributed by atoms with E-state index >= 15 is 0 Å². The summed E-state index contributed by atoms with van der Waals surface area (Å²) < 4.78 is 21.9. The average molecular weight is 378 g/mol. The zero-order chi connectivity index (χ0) is 20.1. The third kappa shape index (κ3) is 3.83. The monoisotopic (exact) mass is 378 g/mol. The van der Waals surface area contributed by atoms with Crippen LogP contribution in [0.15, 0.2) is 72.4 Å². The first-order valence-corrected chi connectivity index (χ1v) is 8.96. The topological polar surface area (TPSA) is 35.8 Å². The molecule has 28 heavy (non-hydrogen) atoms. The first-order chi connectivity index (χ1) is 13.6. The zero-order valence-electron chi connectivity index (χ0n) is 16.3. The van der Waals surface area contributed by atoms with E-state index in [1.165, 1.54) is 6.07 Å². The number of benzene rings is 2. The number of rotatable bonds is 7. The summed E-state index contributed by atoms with van der Waals surface area (Å²) in [5.41, 5.74) is 4.69. The van der Waals surface area contributed by atoms with Crippen LogP contribution in [0, 0.1) is 12.7 Å². The number of methoxy groups -OCH3 is 1. The van der Waals surface area contributed by atoms with Gasteiger partial charge in [-0.15, -0.1) is 0 Å². The highest BCUT2D eigenvalue weighted by molar-refractivity contribution is 6.01. The van der Waals surface area contributed by atoms with Crippen LogP contribution < -0.4 is 4.74 Å². The van der Waals surface area contributed by atoms with E-state index in [1.54, 1.807) is 25.3 Å². The molecule has 2 aromatic carbocycles. The first-order valence-electron chi connectivity index (χ1n) is 8.96. The van der Waals surface area contributed by atoms with Gasteiger partial charge in [-0.05, 0) is 44.2 Å². The molecule has 1 heterocycles. The Hall–Kier alpha value is -3.34. The molecule has 0 aliphatic heterocycles. The fourth-order valence-corrected chi connectivity index (χ4v) is 3.15. The highest BCUT2D eigenvalue weighted by atomic mass is 19.1. The quantitative estimate of drug-likeness (QED) is 0.235. The Kier molecular flexibility index (Phi) is 5.94. The van der Waals surface area contributed by atoms with Gasteiger partial charge in [0.05, 0.1) is 24.2 Å². The minimum Gasteiger partial charge on any atom is -0.497 e. The Labute approximate surface area is 164 Å². The number of hydrogen-bond acceptors (Lipinski definition) is 3. The van der Waals surface area contributed by atoms with Crippen LogP contribution in [0.5, 0.6) is 5.75 Å². The minimum absolute atomic E-state index is 0.297. The number of nitrogens with zero attached hydrogens (tertiary/aromatic N) is 2. The number of hydrogen-bond donors (Lipinski definition) is 0. The Bertz CT molecular complexity index is 1020. The fraction of sp³-hybridized carbons (Fsp3) is 0.174. The second-order valence-electron chi connectivity index (χ2n) is 6.31. The van der Waals surface area contributed by atoms with Crippen molar-refractivity contribution in [3.63, 3.8) is 0 Å². The molecule has 0 aliphatic carbocycles. The van der Waals surface area contributed by atoms with Crippen molar-refractivity contribution in [1.29, 1.82) is 0 Å². The lowest BCUT2D eigenvalue weighted by Gasteiger charge is -2.14. The first kappa shape index (κ1) is 19.4. The van der Waals surface area contributed by atoms with Gasteiger partial charge < -0.3 is 14.1 Å². The number of aromatic nitrogens is 1. The largest absolute Gasteiger partial charge is 0.497 e. The van der Waals surface area contributed by atoms with Crippen LogP contribution in [0.4, 0.5) is 4.39 Å². The van der Waals surface area contributed by atoms with Gasteiger partial charge in [0, 0.05) is 16.8 Å². The number of oxime groups is 1. The lowest BCUT2D eigenvalue weighted by atomic mass is 10.1. The zero-order valence-corrected chi connectivity index (χ0v) is 16.3. The fourth-order valence-electron chi connectivity index (χ4n) is 3.15. The van der Waals surface area contributed by atoms with Gasteiger partial charge in [-0.25, -0.2) is 4.39 Å². The van der Waals surface area contributed by atoms with Crippen LogP contribution in [0.3, 0.4) is 0 Å². The van der Waals surface area contributed by atoms with Crippen molar-refractivity contribution in [1.82, 2.24) is 4.57 Å². The lowest BCUT2D eigenvalue weighted by Crippen LogP contribution is -2.04. The van der Waals surface area contributed by atoms with Crippen molar-refractivity contribution in [2.45, 2.75) is 13.8 Å². The van der Waals surface area contributed by atoms with Gasteiger partial charge in [-0.1, -0.05) is 42.1 Å². The summed E-state index contributed by atoms with van der Waals surface area (Å²) in [7, 11) is 1.62. The Balaban J connectivity index is 2.22. The second kappa shape index (κ2) is 8.57. The van der Waals surface area contributed by atoms with Crippen molar-refractivity contribution in [3.05, 3.63) is 84.3 Å². The van der Waals surface area contributed by atoms with E-state index in [4.69, 9.17) is 9.57 Å². The molecule has 0 fully saturated rings. The predicted molar refractivity (Wildman–Crippen MR) is 111 cm³/mol. The van der Waals surface area contributed by atoms with Gasteiger partial charge in [-0.3, -0.25) is 0 Å². The van der Waals surface area contributed by atoms with Gasteiger partial charge in [0.15, 0.2) is 0 Å². The van der Waals surface area contributed by atoms with Crippen molar-refractivity contribution in [2.75, 3.05) is 13.7 Å². The third-order valence-electron chi connectivity index (χ3n) is 4.49. The van der Waals surface area contributed by atoms with Crippen LogP contribution in [0.1, 0.15) is 18.2 Å². The van der Waals surface area contributed by atoms with Crippen molar-refractivity contribution >= 4 is 5.71 Å². The molecule has 0 radical (unpaired) electrons. The van der Waals surface area contributed by atoms with E-state index in [2.05, 4.69) is 11.7 Å². The number of para-hydroxylation sites is 1. The summed E-state index contributed by atoms with van der Waals surface area (Å²) in [4.78, 5) is 5.24. The van der Waals surface area contributed by atoms with Gasteiger partial charge in [0.1, 0.15) is 18.2 Å². The molecule has 0 saturated carbocycles. The third-order valence-corrected chi connectivity index (χ3v) is 4.49. The van der Waals surface area contributed by atoms with Gasteiger partial charge in [0.25, 0.3) is 0 Å². The summed E-state index contributed by atoms with van der Waals surface area (Å²) in [6.45, 7) is 7.76. The Morgan fingerprint density at radius 3 is 2.68 bits per heavy atom. The van der Waals surface area contributed by atoms with Crippen molar-refractivity contribution in [3.8, 4) is 22.7 Å². The maximum absolute atomic E-state index is 14.6. The Morgan fingerprint density at radius 2 is 1.96 bits per heavy atom. The SMILES string of the molecule is C=CCO/N=C(\C)c1cc(-c2cccc(OC)c2)n(-c2ccccc2F)c1C. The standard InChI is InChI=1S/C23H23FN2O2/c1-5-13-28-25-16(2)20-15-23(18-9-8-10-19(14-18)27-4)26(17(20)3)22-12-7-6-11-21(22)24/h5-12,14-15H,1,13H2,2-4H3/b25-16+. The van der Waals surface area contributed by atoms with Gasteiger partial charge >= 0.3 is 0 Å². The molecule has 0 amide bonds. The van der Waals surface area contributed by atoms with E-state index in [1.807, 2.05) is 54.8 Å².